The van der Waals surface area contributed by atoms with Crippen LogP contribution in [0.5, 0.6) is 0 Å². The monoisotopic (exact) mass is 465 g/mol. The Balaban J connectivity index is 1.61. The summed E-state index contributed by atoms with van der Waals surface area (Å²) in [5.74, 6) is 0.336. The standard InChI is InChI=1S/C18H20ClN7O2S2/c1-4-26-15(10(2)20-16(28)12-5-7-13(19)8-6-12)23-25-18(26)29-9-14(27)21-17-24-22-11(3)30-17/h5-8,10H,4,9H2,1-3H3,(H,20,28)(H,21,24,27)/t10-/m1/s1. The van der Waals surface area contributed by atoms with Crippen LogP contribution in [-0.4, -0.2) is 42.5 Å². The number of hydrogen-bond donors (Lipinski definition) is 2. The Morgan fingerprint density at radius 2 is 1.93 bits per heavy atom. The van der Waals surface area contributed by atoms with Crippen LogP contribution in [0.3, 0.4) is 0 Å². The first kappa shape index (κ1) is 22.2. The van der Waals surface area contributed by atoms with Crippen molar-refractivity contribution >= 4 is 51.6 Å². The Bertz CT molecular complexity index is 1040. The SMILES string of the molecule is CCn1c(SCC(=O)Nc2nnc(C)s2)nnc1[C@@H](C)NC(=O)c1ccc(Cl)cc1. The zero-order chi connectivity index (χ0) is 21.7. The largest absolute Gasteiger partial charge is 0.342 e. The molecule has 3 rings (SSSR count). The maximum absolute atomic E-state index is 12.5. The summed E-state index contributed by atoms with van der Waals surface area (Å²) in [5.41, 5.74) is 0.506. The number of thioether (sulfide) groups is 1. The summed E-state index contributed by atoms with van der Waals surface area (Å²) < 4.78 is 1.87. The van der Waals surface area contributed by atoms with Gasteiger partial charge in [-0.25, -0.2) is 0 Å². The summed E-state index contributed by atoms with van der Waals surface area (Å²) in [6, 6.07) is 6.29. The number of anilines is 1. The number of aromatic nitrogens is 5. The fraction of sp³-hybridized carbons (Fsp3) is 0.333. The maximum Gasteiger partial charge on any atom is 0.251 e. The molecule has 0 unspecified atom stereocenters. The molecule has 0 bridgehead atoms. The van der Waals surface area contributed by atoms with Crippen molar-refractivity contribution in [3.8, 4) is 0 Å². The van der Waals surface area contributed by atoms with Crippen LogP contribution >= 0.6 is 34.7 Å². The number of benzene rings is 1. The quantitative estimate of drug-likeness (QED) is 0.490. The van der Waals surface area contributed by atoms with Crippen molar-refractivity contribution in [1.29, 1.82) is 0 Å². The molecule has 30 heavy (non-hydrogen) atoms. The molecule has 2 amide bonds. The Morgan fingerprint density at radius 3 is 2.57 bits per heavy atom. The number of nitrogens with one attached hydrogen (secondary N) is 2. The number of nitrogens with zero attached hydrogens (tertiary/aromatic N) is 5. The van der Waals surface area contributed by atoms with Gasteiger partial charge in [-0.05, 0) is 45.0 Å². The fourth-order valence-corrected chi connectivity index (χ4v) is 4.15. The summed E-state index contributed by atoms with van der Waals surface area (Å²) in [6.07, 6.45) is 0. The summed E-state index contributed by atoms with van der Waals surface area (Å²) in [4.78, 5) is 24.6. The van der Waals surface area contributed by atoms with Gasteiger partial charge in [0.25, 0.3) is 5.91 Å². The smallest absolute Gasteiger partial charge is 0.251 e. The van der Waals surface area contributed by atoms with E-state index in [0.717, 1.165) is 5.01 Å². The number of amides is 2. The van der Waals surface area contributed by atoms with Crippen molar-refractivity contribution in [2.75, 3.05) is 11.1 Å². The van der Waals surface area contributed by atoms with Gasteiger partial charge in [-0.3, -0.25) is 14.9 Å². The highest BCUT2D eigenvalue weighted by Gasteiger charge is 2.20. The molecule has 0 saturated heterocycles. The third-order valence-corrected chi connectivity index (χ3v) is 5.98. The van der Waals surface area contributed by atoms with E-state index >= 15 is 0 Å². The average Bonchev–Trinajstić information content (AvgIpc) is 3.32. The highest BCUT2D eigenvalue weighted by molar-refractivity contribution is 7.99. The molecule has 158 valence electrons. The summed E-state index contributed by atoms with van der Waals surface area (Å²) >= 11 is 8.45. The van der Waals surface area contributed by atoms with Crippen LogP contribution in [0.2, 0.25) is 5.02 Å². The van der Waals surface area contributed by atoms with Gasteiger partial charge in [0.05, 0.1) is 11.8 Å². The Labute approximate surface area is 186 Å². The molecule has 0 aliphatic carbocycles. The lowest BCUT2D eigenvalue weighted by Gasteiger charge is -2.15. The van der Waals surface area contributed by atoms with E-state index in [2.05, 4.69) is 31.0 Å². The first-order valence-corrected chi connectivity index (χ1v) is 11.3. The van der Waals surface area contributed by atoms with Crippen LogP contribution in [0.1, 0.15) is 41.1 Å². The predicted molar refractivity (Wildman–Crippen MR) is 117 cm³/mol. The molecule has 2 heterocycles. The molecular weight excluding hydrogens is 446 g/mol. The van der Waals surface area contributed by atoms with Gasteiger partial charge in [0.15, 0.2) is 11.0 Å². The second kappa shape index (κ2) is 10.0. The van der Waals surface area contributed by atoms with Gasteiger partial charge in [-0.1, -0.05) is 34.7 Å². The zero-order valence-electron chi connectivity index (χ0n) is 16.5. The normalized spacial score (nSPS) is 11.9. The van der Waals surface area contributed by atoms with Crippen molar-refractivity contribution < 1.29 is 9.59 Å². The van der Waals surface area contributed by atoms with Gasteiger partial charge in [0, 0.05) is 17.1 Å². The van der Waals surface area contributed by atoms with Crippen molar-refractivity contribution in [1.82, 2.24) is 30.3 Å². The fourth-order valence-electron chi connectivity index (χ4n) is 2.60. The van der Waals surface area contributed by atoms with Gasteiger partial charge in [0.1, 0.15) is 5.01 Å². The lowest BCUT2D eigenvalue weighted by Crippen LogP contribution is -2.28. The lowest BCUT2D eigenvalue weighted by atomic mass is 10.2. The number of carbonyl (C=O) groups is 2. The second-order valence-corrected chi connectivity index (χ2v) is 8.81. The molecule has 0 fully saturated rings. The molecule has 1 aromatic carbocycles. The van der Waals surface area contributed by atoms with Crippen molar-refractivity contribution in [2.24, 2.45) is 0 Å². The highest BCUT2D eigenvalue weighted by Crippen LogP contribution is 2.22. The van der Waals surface area contributed by atoms with Gasteiger partial charge in [-0.2, -0.15) is 0 Å². The van der Waals surface area contributed by atoms with Crippen LogP contribution in [0, 0.1) is 6.92 Å². The zero-order valence-corrected chi connectivity index (χ0v) is 18.9. The van der Waals surface area contributed by atoms with Crippen LogP contribution in [-0.2, 0) is 11.3 Å². The minimum absolute atomic E-state index is 0.155. The van der Waals surface area contributed by atoms with Crippen LogP contribution in [0.4, 0.5) is 5.13 Å². The molecule has 0 aliphatic heterocycles. The van der Waals surface area contributed by atoms with E-state index in [4.69, 9.17) is 11.6 Å². The van der Waals surface area contributed by atoms with E-state index in [0.29, 0.717) is 33.2 Å². The molecule has 2 aromatic heterocycles. The number of carbonyl (C=O) groups excluding carboxylic acids is 2. The molecule has 0 saturated carbocycles. The molecule has 1 atom stereocenters. The van der Waals surface area contributed by atoms with E-state index < -0.39 is 0 Å². The number of hydrogen-bond acceptors (Lipinski definition) is 8. The van der Waals surface area contributed by atoms with Crippen molar-refractivity contribution in [2.45, 2.75) is 38.5 Å². The maximum atomic E-state index is 12.5. The van der Waals surface area contributed by atoms with Crippen LogP contribution in [0.15, 0.2) is 29.4 Å². The van der Waals surface area contributed by atoms with E-state index in [-0.39, 0.29) is 23.6 Å². The van der Waals surface area contributed by atoms with Crippen LogP contribution < -0.4 is 10.6 Å². The first-order chi connectivity index (χ1) is 14.4. The van der Waals surface area contributed by atoms with Gasteiger partial charge < -0.3 is 9.88 Å². The number of aryl methyl sites for hydroxylation is 1. The van der Waals surface area contributed by atoms with Gasteiger partial charge in [-0.15, -0.1) is 20.4 Å². The Morgan fingerprint density at radius 1 is 1.20 bits per heavy atom. The Hall–Kier alpha value is -2.50. The molecule has 2 N–H and O–H groups in total. The third-order valence-electron chi connectivity index (χ3n) is 4.01. The Kier molecular flexibility index (Phi) is 7.40. The van der Waals surface area contributed by atoms with E-state index in [1.54, 1.807) is 24.3 Å². The molecular formula is C18H20ClN7O2S2. The number of halogens is 1. The van der Waals surface area contributed by atoms with E-state index in [1.807, 2.05) is 25.3 Å². The predicted octanol–water partition coefficient (Wildman–Crippen LogP) is 3.33. The van der Waals surface area contributed by atoms with E-state index in [1.165, 1.54) is 23.1 Å². The second-order valence-electron chi connectivity index (χ2n) is 6.25. The van der Waals surface area contributed by atoms with Crippen LogP contribution in [0.25, 0.3) is 0 Å². The van der Waals surface area contributed by atoms with Crippen molar-refractivity contribution in [3.05, 3.63) is 45.7 Å². The van der Waals surface area contributed by atoms with Crippen molar-refractivity contribution in [3.63, 3.8) is 0 Å². The molecule has 0 radical (unpaired) electrons. The minimum atomic E-state index is -0.367. The number of rotatable bonds is 8. The van der Waals surface area contributed by atoms with E-state index in [9.17, 15) is 9.59 Å². The summed E-state index contributed by atoms with van der Waals surface area (Å²) in [7, 11) is 0. The average molecular weight is 466 g/mol. The molecule has 3 aromatic rings. The summed E-state index contributed by atoms with van der Waals surface area (Å²) in [5, 5.41) is 24.2. The first-order valence-electron chi connectivity index (χ1n) is 9.09. The third kappa shape index (κ3) is 5.55. The minimum Gasteiger partial charge on any atom is -0.342 e. The highest BCUT2D eigenvalue weighted by atomic mass is 35.5. The topological polar surface area (TPSA) is 115 Å². The van der Waals surface area contributed by atoms with Gasteiger partial charge in [0.2, 0.25) is 11.0 Å². The summed E-state index contributed by atoms with van der Waals surface area (Å²) in [6.45, 7) is 6.21. The lowest BCUT2D eigenvalue weighted by molar-refractivity contribution is -0.113. The molecule has 9 nitrogen and oxygen atoms in total. The molecule has 12 heteroatoms. The molecule has 0 aliphatic rings. The van der Waals surface area contributed by atoms with Gasteiger partial charge >= 0.3 is 0 Å². The molecule has 0 spiro atoms.